The lowest BCUT2D eigenvalue weighted by Crippen LogP contribution is -2.58. The Kier molecular flexibility index (Phi) is 6.29. The minimum Gasteiger partial charge on any atom is -0.489 e. The van der Waals surface area contributed by atoms with Crippen LogP contribution in [0.2, 0.25) is 0 Å². The second-order valence-electron chi connectivity index (χ2n) is 7.83. The van der Waals surface area contributed by atoms with E-state index < -0.39 is 13.6 Å². The van der Waals surface area contributed by atoms with Crippen molar-refractivity contribution in [2.45, 2.75) is 60.6 Å². The molecule has 0 aliphatic carbocycles. The number of fused-ring (bicyclic) bond motifs is 1. The molecular formula is C19H28IN3O4S. The first-order valence-electron chi connectivity index (χ1n) is 9.60. The van der Waals surface area contributed by atoms with Gasteiger partial charge in [-0.15, -0.1) is 0 Å². The first kappa shape index (κ1) is 21.8. The Morgan fingerprint density at radius 2 is 2.11 bits per heavy atom. The number of carbonyl (C=O) groups is 1. The molecule has 1 fully saturated rings. The van der Waals surface area contributed by atoms with Crippen LogP contribution in [-0.2, 0) is 16.4 Å². The summed E-state index contributed by atoms with van der Waals surface area (Å²) in [7, 11) is -2.31. The molecule has 156 valence electrons. The fourth-order valence-electron chi connectivity index (χ4n) is 3.86. The summed E-state index contributed by atoms with van der Waals surface area (Å²) in [5, 5.41) is 6.66. The van der Waals surface area contributed by atoms with Crippen LogP contribution in [0.15, 0.2) is 17.0 Å². The lowest BCUT2D eigenvalue weighted by molar-refractivity contribution is 0.0902. The van der Waals surface area contributed by atoms with Gasteiger partial charge < -0.3 is 15.4 Å². The Balaban J connectivity index is 2.01. The van der Waals surface area contributed by atoms with E-state index >= 15 is 0 Å². The number of halogens is 1. The van der Waals surface area contributed by atoms with Crippen LogP contribution >= 0.6 is 22.6 Å². The summed E-state index contributed by atoms with van der Waals surface area (Å²) < 4.78 is 32.4. The number of ether oxygens (including phenoxy) is 1. The zero-order valence-corrected chi connectivity index (χ0v) is 19.6. The van der Waals surface area contributed by atoms with Gasteiger partial charge in [-0.05, 0) is 57.0 Å². The Morgan fingerprint density at radius 3 is 2.68 bits per heavy atom. The predicted molar refractivity (Wildman–Crippen MR) is 117 cm³/mol. The molecule has 1 amide bonds. The van der Waals surface area contributed by atoms with Crippen LogP contribution in [0.5, 0.6) is 5.75 Å². The Bertz CT molecular complexity index is 868. The largest absolute Gasteiger partial charge is 0.489 e. The topological polar surface area (TPSA) is 96.5 Å². The standard InChI is InChI=1S/C19H28IN3O4S/c1-11(2)19(20,16-6-5-7-22-16)23-18(24)15-10-14(28(25,26)21-4)9-13-8-12(3)27-17(13)15/h9-12,16,21-22H,5-8H2,1-4H3,(H,23,24). The lowest BCUT2D eigenvalue weighted by atomic mass is 9.94. The quantitative estimate of drug-likeness (QED) is 0.303. The van der Waals surface area contributed by atoms with E-state index in [2.05, 4.69) is 51.8 Å². The van der Waals surface area contributed by atoms with Crippen molar-refractivity contribution in [1.29, 1.82) is 0 Å². The summed E-state index contributed by atoms with van der Waals surface area (Å²) in [6.45, 7) is 7.01. The fourth-order valence-corrected chi connectivity index (χ4v) is 5.45. The maximum absolute atomic E-state index is 13.3. The van der Waals surface area contributed by atoms with Gasteiger partial charge in [-0.2, -0.15) is 0 Å². The summed E-state index contributed by atoms with van der Waals surface area (Å²) in [5.74, 6) is 0.363. The van der Waals surface area contributed by atoms with Crippen LogP contribution in [0, 0.1) is 5.92 Å². The maximum atomic E-state index is 13.3. The molecule has 0 bridgehead atoms. The number of hydrogen-bond acceptors (Lipinski definition) is 5. The predicted octanol–water partition coefficient (Wildman–Crippen LogP) is 2.19. The highest BCUT2D eigenvalue weighted by atomic mass is 127. The first-order valence-corrected chi connectivity index (χ1v) is 12.2. The van der Waals surface area contributed by atoms with Crippen LogP contribution in [-0.4, -0.2) is 43.6 Å². The van der Waals surface area contributed by atoms with Crippen molar-refractivity contribution in [1.82, 2.24) is 15.4 Å². The second kappa shape index (κ2) is 8.08. The van der Waals surface area contributed by atoms with Gasteiger partial charge in [0.2, 0.25) is 10.0 Å². The molecule has 1 aromatic carbocycles. The van der Waals surface area contributed by atoms with Crippen molar-refractivity contribution >= 4 is 38.5 Å². The Hall–Kier alpha value is -0.910. The molecule has 2 aliphatic heterocycles. The number of carbonyl (C=O) groups excluding carboxylic acids is 1. The highest BCUT2D eigenvalue weighted by Crippen LogP contribution is 2.38. The molecule has 3 atom stereocenters. The van der Waals surface area contributed by atoms with Gasteiger partial charge in [-0.3, -0.25) is 4.79 Å². The third kappa shape index (κ3) is 4.03. The number of benzene rings is 1. The molecular weight excluding hydrogens is 493 g/mol. The molecule has 0 saturated carbocycles. The van der Waals surface area contributed by atoms with Crippen molar-refractivity contribution in [3.63, 3.8) is 0 Å². The Morgan fingerprint density at radius 1 is 1.39 bits per heavy atom. The van der Waals surface area contributed by atoms with Crippen molar-refractivity contribution < 1.29 is 17.9 Å². The van der Waals surface area contributed by atoms with Gasteiger partial charge in [0.15, 0.2) is 0 Å². The lowest BCUT2D eigenvalue weighted by Gasteiger charge is -2.38. The molecule has 3 unspecified atom stereocenters. The third-order valence-electron chi connectivity index (χ3n) is 5.50. The van der Waals surface area contributed by atoms with E-state index in [9.17, 15) is 13.2 Å². The second-order valence-corrected chi connectivity index (χ2v) is 11.5. The zero-order chi connectivity index (χ0) is 20.7. The number of nitrogens with one attached hydrogen (secondary N) is 3. The highest BCUT2D eigenvalue weighted by Gasteiger charge is 2.42. The van der Waals surface area contributed by atoms with E-state index in [-0.39, 0.29) is 34.4 Å². The van der Waals surface area contributed by atoms with Gasteiger partial charge in [0, 0.05) is 12.5 Å². The Labute approximate surface area is 180 Å². The van der Waals surface area contributed by atoms with Crippen molar-refractivity contribution in [3.05, 3.63) is 23.3 Å². The molecule has 1 aromatic rings. The van der Waals surface area contributed by atoms with E-state index in [1.54, 1.807) is 6.07 Å². The molecule has 1 saturated heterocycles. The molecule has 3 rings (SSSR count). The minimum absolute atomic E-state index is 0.0826. The van der Waals surface area contributed by atoms with E-state index in [0.717, 1.165) is 24.9 Å². The van der Waals surface area contributed by atoms with Gasteiger partial charge >= 0.3 is 0 Å². The van der Waals surface area contributed by atoms with E-state index in [4.69, 9.17) is 4.74 Å². The molecule has 0 radical (unpaired) electrons. The molecule has 9 heteroatoms. The average Bonchev–Trinajstić information content (AvgIpc) is 3.29. The maximum Gasteiger partial charge on any atom is 0.256 e. The third-order valence-corrected chi connectivity index (χ3v) is 9.16. The van der Waals surface area contributed by atoms with Crippen molar-refractivity contribution in [2.24, 2.45) is 5.92 Å². The van der Waals surface area contributed by atoms with Gasteiger partial charge in [-0.25, -0.2) is 13.1 Å². The van der Waals surface area contributed by atoms with Crippen LogP contribution < -0.4 is 20.1 Å². The number of sulfonamides is 1. The van der Waals surface area contributed by atoms with Gasteiger partial charge in [0.1, 0.15) is 15.4 Å². The van der Waals surface area contributed by atoms with E-state index in [0.29, 0.717) is 12.2 Å². The van der Waals surface area contributed by atoms with Gasteiger partial charge in [-0.1, -0.05) is 36.4 Å². The summed E-state index contributed by atoms with van der Waals surface area (Å²) in [5.41, 5.74) is 1.02. The van der Waals surface area contributed by atoms with Crippen molar-refractivity contribution in [3.8, 4) is 5.75 Å². The average molecular weight is 521 g/mol. The molecule has 0 aromatic heterocycles. The summed E-state index contributed by atoms with van der Waals surface area (Å²) in [6.07, 6.45) is 2.54. The number of rotatable bonds is 6. The normalized spacial score (nSPS) is 23.9. The molecule has 7 nitrogen and oxygen atoms in total. The highest BCUT2D eigenvalue weighted by molar-refractivity contribution is 14.1. The molecule has 3 N–H and O–H groups in total. The van der Waals surface area contributed by atoms with Crippen LogP contribution in [0.4, 0.5) is 0 Å². The molecule has 2 aliphatic rings. The summed E-state index contributed by atoms with van der Waals surface area (Å²) in [4.78, 5) is 13.4. The van der Waals surface area contributed by atoms with Gasteiger partial charge in [0.25, 0.3) is 5.91 Å². The monoisotopic (exact) mass is 521 g/mol. The number of amides is 1. The SMILES string of the molecule is CNS(=O)(=O)c1cc2c(c(C(=O)NC(I)(C(C)C)C3CCCN3)c1)OC(C)C2. The number of alkyl halides is 1. The molecule has 2 heterocycles. The van der Waals surface area contributed by atoms with Crippen LogP contribution in [0.25, 0.3) is 0 Å². The molecule has 0 spiro atoms. The summed E-state index contributed by atoms with van der Waals surface area (Å²) in [6, 6.07) is 3.17. The number of hydrogen-bond donors (Lipinski definition) is 3. The zero-order valence-electron chi connectivity index (χ0n) is 16.6. The van der Waals surface area contributed by atoms with Crippen molar-refractivity contribution in [2.75, 3.05) is 13.6 Å². The van der Waals surface area contributed by atoms with Crippen LogP contribution in [0.1, 0.15) is 49.5 Å². The van der Waals surface area contributed by atoms with E-state index in [1.807, 2.05) is 6.92 Å². The smallest absolute Gasteiger partial charge is 0.256 e. The fraction of sp³-hybridized carbons (Fsp3) is 0.632. The van der Waals surface area contributed by atoms with Crippen LogP contribution in [0.3, 0.4) is 0 Å². The van der Waals surface area contributed by atoms with E-state index in [1.165, 1.54) is 13.1 Å². The summed E-state index contributed by atoms with van der Waals surface area (Å²) >= 11 is 2.33. The molecule has 28 heavy (non-hydrogen) atoms. The van der Waals surface area contributed by atoms with Gasteiger partial charge in [0.05, 0.1) is 10.5 Å². The minimum atomic E-state index is -3.67. The first-order chi connectivity index (χ1) is 13.1.